The summed E-state index contributed by atoms with van der Waals surface area (Å²) in [5.74, 6) is -1.70. The molecule has 204 valence electrons. The summed E-state index contributed by atoms with van der Waals surface area (Å²) in [5.41, 5.74) is -3.13. The minimum atomic E-state index is -4.79. The van der Waals surface area contributed by atoms with Crippen molar-refractivity contribution in [3.8, 4) is 0 Å². The SMILES string of the molecule is CCOC(=O)C(N/C=C1\C(=N)C(C)=C(Br)C=C1C(F)(F)F)C(=O)[C@@H]1CCC2(CC2)N1C(=O)OC(C)(C)C. The van der Waals surface area contributed by atoms with E-state index in [1.807, 2.05) is 0 Å². The van der Waals surface area contributed by atoms with Crippen LogP contribution < -0.4 is 5.32 Å². The van der Waals surface area contributed by atoms with Gasteiger partial charge in [-0.25, -0.2) is 9.59 Å². The minimum Gasteiger partial charge on any atom is -0.464 e. The monoisotopic (exact) mass is 589 g/mol. The van der Waals surface area contributed by atoms with Crippen LogP contribution in [-0.2, 0) is 19.1 Å². The number of halogens is 4. The van der Waals surface area contributed by atoms with Gasteiger partial charge < -0.3 is 14.8 Å². The molecule has 0 radical (unpaired) electrons. The number of likely N-dealkylation sites (tertiary alicyclic amines) is 1. The van der Waals surface area contributed by atoms with Gasteiger partial charge in [-0.05, 0) is 72.0 Å². The molecule has 2 fully saturated rings. The van der Waals surface area contributed by atoms with Gasteiger partial charge in [0.25, 0.3) is 0 Å². The Labute approximate surface area is 221 Å². The fraction of sp³-hybridized carbons (Fsp3) is 0.600. The maximum absolute atomic E-state index is 13.7. The zero-order valence-corrected chi connectivity index (χ0v) is 22.9. The number of carbonyl (C=O) groups is 3. The van der Waals surface area contributed by atoms with Gasteiger partial charge >= 0.3 is 18.2 Å². The molecule has 8 nitrogen and oxygen atoms in total. The Morgan fingerprint density at radius 2 is 1.89 bits per heavy atom. The van der Waals surface area contributed by atoms with E-state index in [1.165, 1.54) is 18.7 Å². The van der Waals surface area contributed by atoms with Crippen molar-refractivity contribution in [2.45, 2.75) is 89.7 Å². The van der Waals surface area contributed by atoms with E-state index in [-0.39, 0.29) is 23.1 Å². The fourth-order valence-electron chi connectivity index (χ4n) is 4.53. The number of esters is 1. The second-order valence-corrected chi connectivity index (χ2v) is 11.2. The zero-order chi connectivity index (χ0) is 27.9. The number of amides is 1. The van der Waals surface area contributed by atoms with Crippen molar-refractivity contribution in [2.75, 3.05) is 6.61 Å². The molecule has 1 heterocycles. The van der Waals surface area contributed by atoms with E-state index >= 15 is 0 Å². The molecular formula is C25H31BrF3N3O5. The number of carbonyl (C=O) groups excluding carboxylic acids is 3. The first-order chi connectivity index (χ1) is 17.0. The van der Waals surface area contributed by atoms with Gasteiger partial charge in [0.2, 0.25) is 0 Å². The maximum atomic E-state index is 13.7. The maximum Gasteiger partial charge on any atom is 0.417 e. The molecule has 0 aromatic carbocycles. The number of nitrogens with one attached hydrogen (secondary N) is 2. The van der Waals surface area contributed by atoms with Gasteiger partial charge in [-0.15, -0.1) is 0 Å². The van der Waals surface area contributed by atoms with Crippen molar-refractivity contribution < 1.29 is 37.0 Å². The molecule has 0 aromatic rings. The summed E-state index contributed by atoms with van der Waals surface area (Å²) in [4.78, 5) is 40.9. The Balaban J connectivity index is 1.95. The van der Waals surface area contributed by atoms with Crippen LogP contribution in [0.15, 0.2) is 33.5 Å². The lowest BCUT2D eigenvalue weighted by atomic mass is 9.91. The summed E-state index contributed by atoms with van der Waals surface area (Å²) in [7, 11) is 0. The number of allylic oxidation sites excluding steroid dienone is 5. The lowest BCUT2D eigenvalue weighted by molar-refractivity contribution is -0.149. The predicted octanol–water partition coefficient (Wildman–Crippen LogP) is 5.08. The molecule has 2 aliphatic carbocycles. The smallest absolute Gasteiger partial charge is 0.417 e. The number of ketones is 1. The van der Waals surface area contributed by atoms with E-state index in [9.17, 15) is 27.6 Å². The molecule has 2 N–H and O–H groups in total. The molecule has 0 bridgehead atoms. The summed E-state index contributed by atoms with van der Waals surface area (Å²) < 4.78 is 51.9. The normalized spacial score (nSPS) is 23.2. The van der Waals surface area contributed by atoms with Gasteiger partial charge in [0.1, 0.15) is 5.60 Å². The van der Waals surface area contributed by atoms with Crippen molar-refractivity contribution in [3.05, 3.63) is 33.5 Å². The van der Waals surface area contributed by atoms with E-state index in [0.29, 0.717) is 19.3 Å². The Bertz CT molecular complexity index is 1100. The number of ether oxygens (including phenoxy) is 2. The van der Waals surface area contributed by atoms with E-state index in [4.69, 9.17) is 14.9 Å². The van der Waals surface area contributed by atoms with Crippen molar-refractivity contribution in [3.63, 3.8) is 0 Å². The van der Waals surface area contributed by atoms with Crippen LogP contribution >= 0.6 is 15.9 Å². The van der Waals surface area contributed by atoms with Crippen LogP contribution in [0.25, 0.3) is 0 Å². The van der Waals surface area contributed by atoms with E-state index in [1.54, 1.807) is 20.8 Å². The van der Waals surface area contributed by atoms with Crippen LogP contribution in [0.3, 0.4) is 0 Å². The summed E-state index contributed by atoms with van der Waals surface area (Å²) in [5, 5.41) is 10.7. The molecule has 1 amide bonds. The summed E-state index contributed by atoms with van der Waals surface area (Å²) in [6, 6.07) is -2.70. The fourth-order valence-corrected chi connectivity index (χ4v) is 4.95. The van der Waals surface area contributed by atoms with Crippen LogP contribution in [0, 0.1) is 5.41 Å². The highest BCUT2D eigenvalue weighted by atomic mass is 79.9. The number of Topliss-reactive ketones (excluding diaryl/α,β-unsaturated/α-hetero) is 1. The predicted molar refractivity (Wildman–Crippen MR) is 133 cm³/mol. The van der Waals surface area contributed by atoms with Gasteiger partial charge in [0.05, 0.1) is 23.9 Å². The third kappa shape index (κ3) is 6.10. The van der Waals surface area contributed by atoms with E-state index in [2.05, 4.69) is 21.2 Å². The number of rotatable bonds is 6. The molecule has 12 heteroatoms. The highest BCUT2D eigenvalue weighted by Gasteiger charge is 2.60. The Hall–Kier alpha value is -2.63. The van der Waals surface area contributed by atoms with Crippen LogP contribution in [0.4, 0.5) is 18.0 Å². The second kappa shape index (κ2) is 10.3. The molecule has 2 atom stereocenters. The molecule has 1 unspecified atom stereocenters. The van der Waals surface area contributed by atoms with Crippen molar-refractivity contribution in [1.82, 2.24) is 10.2 Å². The molecular weight excluding hydrogens is 559 g/mol. The average molecular weight is 590 g/mol. The molecule has 1 saturated carbocycles. The molecule has 1 saturated heterocycles. The van der Waals surface area contributed by atoms with Crippen LogP contribution in [0.1, 0.15) is 60.3 Å². The Morgan fingerprint density at radius 1 is 1.27 bits per heavy atom. The van der Waals surface area contributed by atoms with Gasteiger partial charge in [-0.3, -0.25) is 15.1 Å². The van der Waals surface area contributed by atoms with Crippen LogP contribution in [0.2, 0.25) is 0 Å². The standard InChI is InChI=1S/C25H31BrF3N3O5/c1-6-36-21(34)19(31-12-14-15(25(27,28)29)11-16(26)13(2)18(14)30)20(33)17-7-8-24(9-10-24)32(17)22(35)37-23(3,4)5/h11-12,17,19,30-31H,6-10H2,1-5H3/b14-12-,30-18?/t17-,19?/m0/s1. The molecule has 0 aromatic heterocycles. The number of nitrogens with zero attached hydrogens (tertiary/aromatic N) is 1. The molecule has 1 spiro atoms. The van der Waals surface area contributed by atoms with Crippen molar-refractivity contribution in [1.29, 1.82) is 5.41 Å². The second-order valence-electron chi connectivity index (χ2n) is 10.3. The third-order valence-corrected chi connectivity index (χ3v) is 7.35. The molecule has 1 aliphatic heterocycles. The Morgan fingerprint density at radius 3 is 2.41 bits per heavy atom. The first-order valence-corrected chi connectivity index (χ1v) is 12.8. The topological polar surface area (TPSA) is 109 Å². The van der Waals surface area contributed by atoms with Crippen LogP contribution in [0.5, 0.6) is 0 Å². The molecule has 3 aliphatic rings. The number of alkyl halides is 3. The minimum absolute atomic E-state index is 0.0659. The van der Waals surface area contributed by atoms with E-state index in [0.717, 1.165) is 12.3 Å². The quantitative estimate of drug-likeness (QED) is 0.330. The average Bonchev–Trinajstić information content (AvgIpc) is 3.43. The molecule has 37 heavy (non-hydrogen) atoms. The summed E-state index contributed by atoms with van der Waals surface area (Å²) >= 11 is 3.04. The number of hydrogen-bond acceptors (Lipinski definition) is 7. The van der Waals surface area contributed by atoms with Crippen molar-refractivity contribution in [2.24, 2.45) is 0 Å². The van der Waals surface area contributed by atoms with Crippen LogP contribution in [-0.4, -0.2) is 64.5 Å². The van der Waals surface area contributed by atoms with Gasteiger partial charge in [-0.1, -0.05) is 15.9 Å². The summed E-state index contributed by atoms with van der Waals surface area (Å²) in [6.07, 6.45) is -1.56. The third-order valence-electron chi connectivity index (χ3n) is 6.52. The van der Waals surface area contributed by atoms with Gasteiger partial charge in [-0.2, -0.15) is 13.2 Å². The first kappa shape index (κ1) is 28.9. The van der Waals surface area contributed by atoms with Crippen molar-refractivity contribution >= 4 is 39.5 Å². The highest BCUT2D eigenvalue weighted by Crippen LogP contribution is 2.52. The zero-order valence-electron chi connectivity index (χ0n) is 21.3. The summed E-state index contributed by atoms with van der Waals surface area (Å²) in [6.45, 7) is 8.05. The number of hydrogen-bond donors (Lipinski definition) is 2. The largest absolute Gasteiger partial charge is 0.464 e. The highest BCUT2D eigenvalue weighted by molar-refractivity contribution is 9.12. The Kier molecular flexibility index (Phi) is 8.03. The first-order valence-electron chi connectivity index (χ1n) is 12.0. The lowest BCUT2D eigenvalue weighted by Gasteiger charge is -2.33. The van der Waals surface area contributed by atoms with E-state index < -0.39 is 64.1 Å². The van der Waals surface area contributed by atoms with Gasteiger partial charge in [0, 0.05) is 21.8 Å². The van der Waals surface area contributed by atoms with Gasteiger partial charge in [0.15, 0.2) is 11.8 Å². The lowest BCUT2D eigenvalue weighted by Crippen LogP contribution is -2.55. The molecule has 3 rings (SSSR count).